The van der Waals surface area contributed by atoms with E-state index in [0.29, 0.717) is 31.5 Å². The number of halogens is 3. The first-order valence-corrected chi connectivity index (χ1v) is 7.64. The summed E-state index contributed by atoms with van der Waals surface area (Å²) in [4.78, 5) is 2.24. The summed E-state index contributed by atoms with van der Waals surface area (Å²) in [5, 5.41) is 12.0. The van der Waals surface area contributed by atoms with Crippen LogP contribution >= 0.6 is 0 Å². The predicted molar refractivity (Wildman–Crippen MR) is 78.0 cm³/mol. The quantitative estimate of drug-likeness (QED) is 0.837. The minimum Gasteiger partial charge on any atom is -0.379 e. The Labute approximate surface area is 137 Å². The van der Waals surface area contributed by atoms with Gasteiger partial charge in [0.2, 0.25) is 0 Å². The van der Waals surface area contributed by atoms with E-state index in [-0.39, 0.29) is 6.54 Å². The van der Waals surface area contributed by atoms with Gasteiger partial charge in [0, 0.05) is 26.2 Å². The highest BCUT2D eigenvalue weighted by Gasteiger charge is 2.34. The van der Waals surface area contributed by atoms with Gasteiger partial charge >= 0.3 is 6.18 Å². The van der Waals surface area contributed by atoms with Gasteiger partial charge in [-0.1, -0.05) is 5.21 Å². The van der Waals surface area contributed by atoms with Gasteiger partial charge in [-0.3, -0.25) is 9.58 Å². The Kier molecular flexibility index (Phi) is 4.59. The summed E-state index contributed by atoms with van der Waals surface area (Å²) in [5.41, 5.74) is 0.289. The molecule has 10 heteroatoms. The highest BCUT2D eigenvalue weighted by molar-refractivity contribution is 5.13. The third-order valence-electron chi connectivity index (χ3n) is 4.00. The largest absolute Gasteiger partial charge is 0.433 e. The minimum atomic E-state index is -4.42. The molecule has 3 rings (SSSR count). The second-order valence-electron chi connectivity index (χ2n) is 5.94. The third-order valence-corrected chi connectivity index (χ3v) is 4.00. The molecule has 3 heterocycles. The van der Waals surface area contributed by atoms with E-state index < -0.39 is 11.9 Å². The van der Waals surface area contributed by atoms with E-state index in [4.69, 9.17) is 4.74 Å². The molecule has 0 spiro atoms. The second-order valence-corrected chi connectivity index (χ2v) is 5.94. The Hall–Kier alpha value is -1.94. The first-order valence-electron chi connectivity index (χ1n) is 7.64. The molecule has 0 bridgehead atoms. The lowest BCUT2D eigenvalue weighted by atomic mass is 10.2. The highest BCUT2D eigenvalue weighted by atomic mass is 19.4. The molecule has 24 heavy (non-hydrogen) atoms. The summed E-state index contributed by atoms with van der Waals surface area (Å²) in [7, 11) is 1.28. The predicted octanol–water partition coefficient (Wildman–Crippen LogP) is 1.30. The average molecular weight is 344 g/mol. The lowest BCUT2D eigenvalue weighted by molar-refractivity contribution is -0.143. The molecule has 1 saturated heterocycles. The van der Waals surface area contributed by atoms with Crippen molar-refractivity contribution in [3.63, 3.8) is 0 Å². The van der Waals surface area contributed by atoms with Crippen LogP contribution in [0, 0.1) is 0 Å². The normalized spacial score (nSPS) is 19.8. The van der Waals surface area contributed by atoms with E-state index in [0.717, 1.165) is 23.0 Å². The summed E-state index contributed by atoms with van der Waals surface area (Å²) in [6.07, 6.45) is -2.68. The molecule has 1 aliphatic rings. The smallest absolute Gasteiger partial charge is 0.379 e. The van der Waals surface area contributed by atoms with Crippen LogP contribution in [-0.4, -0.2) is 55.5 Å². The van der Waals surface area contributed by atoms with Crippen molar-refractivity contribution in [1.82, 2.24) is 29.7 Å². The molecule has 0 amide bonds. The van der Waals surface area contributed by atoms with E-state index in [9.17, 15) is 13.2 Å². The van der Waals surface area contributed by atoms with Gasteiger partial charge in [-0.25, -0.2) is 4.68 Å². The van der Waals surface area contributed by atoms with Gasteiger partial charge < -0.3 is 4.74 Å². The van der Waals surface area contributed by atoms with Crippen molar-refractivity contribution in [2.24, 2.45) is 7.05 Å². The maximum absolute atomic E-state index is 12.8. The third kappa shape index (κ3) is 3.75. The minimum absolute atomic E-state index is 0.148. The Bertz CT molecular complexity index is 695. The Morgan fingerprint density at radius 3 is 2.75 bits per heavy atom. The zero-order valence-electron chi connectivity index (χ0n) is 13.5. The maximum Gasteiger partial charge on any atom is 0.433 e. The summed E-state index contributed by atoms with van der Waals surface area (Å²) < 4.78 is 46.1. The molecule has 1 aliphatic heterocycles. The monoisotopic (exact) mass is 344 g/mol. The number of alkyl halides is 3. The van der Waals surface area contributed by atoms with Crippen LogP contribution in [0.15, 0.2) is 12.3 Å². The number of nitrogens with zero attached hydrogens (tertiary/aromatic N) is 6. The molecule has 0 aliphatic carbocycles. The van der Waals surface area contributed by atoms with E-state index in [1.54, 1.807) is 6.20 Å². The van der Waals surface area contributed by atoms with Gasteiger partial charge in [0.05, 0.1) is 37.3 Å². The van der Waals surface area contributed by atoms with Crippen molar-refractivity contribution in [3.8, 4) is 0 Å². The fraction of sp³-hybridized carbons (Fsp3) is 0.643. The standard InChI is InChI=1S/C14H19F3N6O/c1-10-9-24-4-3-22(10)6-12-8-23(20-18-12)7-11-5-13(14(15,16)17)21(2)19-11/h5,8,10H,3-4,6-7,9H2,1-2H3/t10-/m1/s1. The Morgan fingerprint density at radius 1 is 1.29 bits per heavy atom. The van der Waals surface area contributed by atoms with Crippen molar-refractivity contribution in [2.45, 2.75) is 32.2 Å². The molecule has 0 N–H and O–H groups in total. The molecule has 0 radical (unpaired) electrons. The zero-order chi connectivity index (χ0) is 17.3. The fourth-order valence-corrected chi connectivity index (χ4v) is 2.73. The van der Waals surface area contributed by atoms with Crippen LogP contribution in [0.2, 0.25) is 0 Å². The topological polar surface area (TPSA) is 61.0 Å². The molecule has 1 fully saturated rings. The lowest BCUT2D eigenvalue weighted by Gasteiger charge is -2.32. The van der Waals surface area contributed by atoms with Crippen molar-refractivity contribution in [1.29, 1.82) is 0 Å². The van der Waals surface area contributed by atoms with Crippen LogP contribution in [0.4, 0.5) is 13.2 Å². The molecule has 0 unspecified atom stereocenters. The zero-order valence-corrected chi connectivity index (χ0v) is 13.5. The maximum atomic E-state index is 12.8. The van der Waals surface area contributed by atoms with Crippen LogP contribution in [0.25, 0.3) is 0 Å². The van der Waals surface area contributed by atoms with Gasteiger partial charge in [0.25, 0.3) is 0 Å². The summed E-state index contributed by atoms with van der Waals surface area (Å²) >= 11 is 0. The van der Waals surface area contributed by atoms with Gasteiger partial charge in [0.15, 0.2) is 0 Å². The van der Waals surface area contributed by atoms with E-state index in [1.165, 1.54) is 11.7 Å². The first kappa shape index (κ1) is 16.9. The Balaban J connectivity index is 1.66. The molecule has 2 aromatic heterocycles. The Morgan fingerprint density at radius 2 is 2.08 bits per heavy atom. The van der Waals surface area contributed by atoms with E-state index >= 15 is 0 Å². The number of aromatic nitrogens is 5. The van der Waals surface area contributed by atoms with Crippen molar-refractivity contribution >= 4 is 0 Å². The van der Waals surface area contributed by atoms with Gasteiger partial charge in [-0.2, -0.15) is 18.3 Å². The molecule has 132 valence electrons. The molecular weight excluding hydrogens is 325 g/mol. The second kappa shape index (κ2) is 6.52. The van der Waals surface area contributed by atoms with Crippen LogP contribution in [0.3, 0.4) is 0 Å². The van der Waals surface area contributed by atoms with Gasteiger partial charge in [-0.15, -0.1) is 5.10 Å². The molecule has 7 nitrogen and oxygen atoms in total. The fourth-order valence-electron chi connectivity index (χ4n) is 2.73. The van der Waals surface area contributed by atoms with Crippen LogP contribution in [-0.2, 0) is 31.1 Å². The molecular formula is C14H19F3N6O. The number of morpholine rings is 1. The molecule has 1 atom stereocenters. The van der Waals surface area contributed by atoms with E-state index in [1.807, 2.05) is 0 Å². The number of hydrogen-bond donors (Lipinski definition) is 0. The number of aryl methyl sites for hydroxylation is 1. The van der Waals surface area contributed by atoms with E-state index in [2.05, 4.69) is 27.2 Å². The summed E-state index contributed by atoms with van der Waals surface area (Å²) in [5.74, 6) is 0. The molecule has 0 aromatic carbocycles. The van der Waals surface area contributed by atoms with Crippen LogP contribution < -0.4 is 0 Å². The highest BCUT2D eigenvalue weighted by Crippen LogP contribution is 2.29. The van der Waals surface area contributed by atoms with Crippen molar-refractivity contribution in [3.05, 3.63) is 29.3 Å². The number of ether oxygens (including phenoxy) is 1. The number of hydrogen-bond acceptors (Lipinski definition) is 5. The SMILES string of the molecule is C[C@@H]1COCCN1Cc1cn(Cc2cc(C(F)(F)F)n(C)n2)nn1. The van der Waals surface area contributed by atoms with Crippen LogP contribution in [0.1, 0.15) is 24.0 Å². The van der Waals surface area contributed by atoms with Gasteiger partial charge in [0.1, 0.15) is 5.69 Å². The lowest BCUT2D eigenvalue weighted by Crippen LogP contribution is -2.42. The molecule has 0 saturated carbocycles. The summed E-state index contributed by atoms with van der Waals surface area (Å²) in [6, 6.07) is 1.33. The average Bonchev–Trinajstić information content (AvgIpc) is 3.08. The van der Waals surface area contributed by atoms with Crippen molar-refractivity contribution < 1.29 is 17.9 Å². The first-order chi connectivity index (χ1) is 11.3. The van der Waals surface area contributed by atoms with Crippen molar-refractivity contribution in [2.75, 3.05) is 19.8 Å². The van der Waals surface area contributed by atoms with Crippen LogP contribution in [0.5, 0.6) is 0 Å². The number of rotatable bonds is 4. The summed E-state index contributed by atoms with van der Waals surface area (Å²) in [6.45, 7) is 5.06. The van der Waals surface area contributed by atoms with Gasteiger partial charge in [-0.05, 0) is 13.0 Å². The molecule has 2 aromatic rings.